The van der Waals surface area contributed by atoms with E-state index in [-0.39, 0.29) is 11.0 Å². The van der Waals surface area contributed by atoms with Crippen molar-refractivity contribution < 1.29 is 0 Å². The molecule has 0 fully saturated rings. The Morgan fingerprint density at radius 3 is 1.74 bits per heavy atom. The number of nitrogens with zero attached hydrogens (tertiary/aromatic N) is 2. The lowest BCUT2D eigenvalue weighted by molar-refractivity contribution is 0.240. The fourth-order valence-electron chi connectivity index (χ4n) is 2.54. The standard InChI is InChI=1S/C12H25N2.2C2H5.Al/c1-8-13-10(11(2,3)4)9-14-12(5,6)7;2*1-2;/h9-10H,8H2,1-7H3;2*1H2,2H3;/q-1;;;+1. The van der Waals surface area contributed by atoms with Crippen LogP contribution in [0.3, 0.4) is 0 Å². The van der Waals surface area contributed by atoms with Crippen LogP contribution < -0.4 is 0 Å². The fourth-order valence-corrected chi connectivity index (χ4v) is 5.55. The number of rotatable bonds is 6. The van der Waals surface area contributed by atoms with Crippen LogP contribution in [0.1, 0.15) is 62.3 Å². The van der Waals surface area contributed by atoms with Crippen molar-refractivity contribution >= 4 is 20.6 Å². The van der Waals surface area contributed by atoms with Crippen molar-refractivity contribution in [1.29, 1.82) is 0 Å². The van der Waals surface area contributed by atoms with Crippen LogP contribution in [-0.2, 0) is 0 Å². The zero-order valence-corrected chi connectivity index (χ0v) is 15.9. The molecule has 1 unspecified atom stereocenters. The first-order chi connectivity index (χ1) is 8.56. The summed E-state index contributed by atoms with van der Waals surface area (Å²) >= 11 is -0.808. The number of hydrogen-bond donors (Lipinski definition) is 0. The minimum absolute atomic E-state index is 0.0262. The summed E-state index contributed by atoms with van der Waals surface area (Å²) in [5, 5.41) is 2.69. The van der Waals surface area contributed by atoms with Crippen molar-refractivity contribution in [1.82, 2.24) is 3.88 Å². The Bertz CT molecular complexity index is 269. The highest BCUT2D eigenvalue weighted by atomic mass is 27.2. The average molecular weight is 282 g/mol. The van der Waals surface area contributed by atoms with Crippen molar-refractivity contribution in [2.45, 2.75) is 84.5 Å². The monoisotopic (exact) mass is 282 g/mol. The van der Waals surface area contributed by atoms with E-state index in [1.54, 1.807) is 0 Å². The molecule has 0 aromatic heterocycles. The van der Waals surface area contributed by atoms with E-state index < -0.39 is 14.4 Å². The highest BCUT2D eigenvalue weighted by molar-refractivity contribution is 6.55. The number of hydrogen-bond acceptors (Lipinski definition) is 2. The second-order valence-corrected chi connectivity index (χ2v) is 11.2. The van der Waals surface area contributed by atoms with E-state index >= 15 is 0 Å². The van der Waals surface area contributed by atoms with Crippen LogP contribution in [0.5, 0.6) is 0 Å². The first-order valence-corrected chi connectivity index (χ1v) is 10.0. The Morgan fingerprint density at radius 1 is 1.00 bits per heavy atom. The van der Waals surface area contributed by atoms with Crippen LogP contribution in [-0.4, -0.2) is 42.6 Å². The molecule has 19 heavy (non-hydrogen) atoms. The molecule has 0 radical (unpaired) electrons. The van der Waals surface area contributed by atoms with Crippen LogP contribution >= 0.6 is 0 Å². The van der Waals surface area contributed by atoms with Gasteiger partial charge in [0, 0.05) is 12.3 Å². The molecule has 0 aliphatic rings. The molecular weight excluding hydrogens is 247 g/mol. The molecule has 0 rings (SSSR count). The van der Waals surface area contributed by atoms with Crippen molar-refractivity contribution in [3.05, 3.63) is 0 Å². The zero-order valence-electron chi connectivity index (χ0n) is 14.7. The second-order valence-electron chi connectivity index (χ2n) is 7.56. The van der Waals surface area contributed by atoms with Crippen LogP contribution in [0, 0.1) is 5.41 Å². The molecule has 3 heteroatoms. The second kappa shape index (κ2) is 7.82. The molecule has 0 bridgehead atoms. The minimum Gasteiger partial charge on any atom is -0.377 e. The molecule has 0 spiro atoms. The zero-order chi connectivity index (χ0) is 15.3. The third kappa shape index (κ3) is 6.93. The topological polar surface area (TPSA) is 15.6 Å². The molecule has 1 atom stereocenters. The maximum atomic E-state index is 4.80. The van der Waals surface area contributed by atoms with Gasteiger partial charge in [-0.05, 0) is 32.7 Å². The van der Waals surface area contributed by atoms with Crippen LogP contribution in [0.25, 0.3) is 0 Å². The van der Waals surface area contributed by atoms with Crippen molar-refractivity contribution in [3.63, 3.8) is 0 Å². The first kappa shape index (κ1) is 19.2. The predicted octanol–water partition coefficient (Wildman–Crippen LogP) is 4.62. The predicted molar refractivity (Wildman–Crippen MR) is 90.6 cm³/mol. The Morgan fingerprint density at radius 2 is 1.47 bits per heavy atom. The molecule has 0 aliphatic heterocycles. The van der Waals surface area contributed by atoms with Crippen molar-refractivity contribution in [2.75, 3.05) is 6.54 Å². The maximum Gasteiger partial charge on any atom is 0.372 e. The molecule has 0 aromatic carbocycles. The van der Waals surface area contributed by atoms with Gasteiger partial charge in [0.1, 0.15) is 0 Å². The van der Waals surface area contributed by atoms with Crippen LogP contribution in [0.4, 0.5) is 0 Å². The fraction of sp³-hybridized carbons (Fsp3) is 0.938. The summed E-state index contributed by atoms with van der Waals surface area (Å²) in [7, 11) is 0. The Balaban J connectivity index is 5.28. The van der Waals surface area contributed by atoms with E-state index in [9.17, 15) is 0 Å². The molecule has 0 heterocycles. The lowest BCUT2D eigenvalue weighted by Gasteiger charge is -2.41. The van der Waals surface area contributed by atoms with E-state index in [0.717, 1.165) is 6.54 Å². The summed E-state index contributed by atoms with van der Waals surface area (Å²) in [6.07, 6.45) is 2.23. The largest absolute Gasteiger partial charge is 0.377 e. The molecule has 112 valence electrons. The van der Waals surface area contributed by atoms with Gasteiger partial charge in [-0.3, -0.25) is 4.99 Å². The van der Waals surface area contributed by atoms with Crippen molar-refractivity contribution in [2.24, 2.45) is 10.4 Å². The highest BCUT2D eigenvalue weighted by Gasteiger charge is 2.34. The van der Waals surface area contributed by atoms with Gasteiger partial charge < -0.3 is 3.88 Å². The van der Waals surface area contributed by atoms with Gasteiger partial charge >= 0.3 is 14.4 Å². The van der Waals surface area contributed by atoms with E-state index in [4.69, 9.17) is 4.99 Å². The quantitative estimate of drug-likeness (QED) is 0.512. The normalized spacial score (nSPS) is 15.3. The molecule has 0 saturated carbocycles. The molecular formula is C16H35AlN2. The lowest BCUT2D eigenvalue weighted by Crippen LogP contribution is -2.52. The van der Waals surface area contributed by atoms with Gasteiger partial charge in [-0.1, -0.05) is 52.1 Å². The van der Waals surface area contributed by atoms with Crippen LogP contribution in [0.15, 0.2) is 4.99 Å². The minimum atomic E-state index is -0.808. The van der Waals surface area contributed by atoms with E-state index in [1.807, 2.05) is 0 Å². The summed E-state index contributed by atoms with van der Waals surface area (Å²) in [4.78, 5) is 4.80. The van der Waals surface area contributed by atoms with Gasteiger partial charge in [0.15, 0.2) is 0 Å². The van der Waals surface area contributed by atoms with Gasteiger partial charge in [0.05, 0.1) is 5.54 Å². The van der Waals surface area contributed by atoms with E-state index in [2.05, 4.69) is 72.4 Å². The lowest BCUT2D eigenvalue weighted by atomic mass is 9.87. The summed E-state index contributed by atoms with van der Waals surface area (Å²) < 4.78 is 2.76. The average Bonchev–Trinajstić information content (AvgIpc) is 2.25. The van der Waals surface area contributed by atoms with Gasteiger partial charge in [-0.15, -0.1) is 0 Å². The van der Waals surface area contributed by atoms with E-state index in [0.29, 0.717) is 6.04 Å². The van der Waals surface area contributed by atoms with Gasteiger partial charge in [-0.25, -0.2) is 0 Å². The number of aliphatic imine (C=N–C) groups is 1. The van der Waals surface area contributed by atoms with Crippen LogP contribution in [0.2, 0.25) is 10.6 Å². The molecule has 0 amide bonds. The smallest absolute Gasteiger partial charge is 0.372 e. The molecule has 0 saturated heterocycles. The van der Waals surface area contributed by atoms with Gasteiger partial charge in [0.2, 0.25) is 0 Å². The van der Waals surface area contributed by atoms with E-state index in [1.165, 1.54) is 10.6 Å². The van der Waals surface area contributed by atoms with Gasteiger partial charge in [0.25, 0.3) is 0 Å². The third-order valence-corrected chi connectivity index (χ3v) is 7.13. The Labute approximate surface area is 126 Å². The maximum absolute atomic E-state index is 4.80. The van der Waals surface area contributed by atoms with Gasteiger partial charge in [-0.2, -0.15) is 0 Å². The molecule has 0 aliphatic carbocycles. The summed E-state index contributed by atoms with van der Waals surface area (Å²) in [6.45, 7) is 21.7. The van der Waals surface area contributed by atoms with Crippen molar-refractivity contribution in [3.8, 4) is 0 Å². The SMILES string of the molecule is CC[N](C(C=NC(C)(C)C)C(C)(C)C)[Al]([CH2]C)[CH2]C. The molecule has 2 nitrogen and oxygen atoms in total. The Kier molecular flexibility index (Phi) is 7.88. The summed E-state index contributed by atoms with van der Waals surface area (Å²) in [6, 6.07) is 0.466. The summed E-state index contributed by atoms with van der Waals surface area (Å²) in [5.41, 5.74) is 0.277. The third-order valence-electron chi connectivity index (χ3n) is 3.62. The molecule has 0 aromatic rings. The Hall–Kier alpha value is 0.162. The first-order valence-electron chi connectivity index (χ1n) is 7.87. The molecule has 0 N–H and O–H groups in total. The summed E-state index contributed by atoms with van der Waals surface area (Å²) in [5.74, 6) is 0. The highest BCUT2D eigenvalue weighted by Crippen LogP contribution is 2.26.